The second-order valence-electron chi connectivity index (χ2n) is 6.36. The van der Waals surface area contributed by atoms with E-state index in [0.29, 0.717) is 35.0 Å². The van der Waals surface area contributed by atoms with Crippen LogP contribution < -0.4 is 9.47 Å². The zero-order valence-electron chi connectivity index (χ0n) is 15.8. The number of benzene rings is 2. The van der Waals surface area contributed by atoms with Gasteiger partial charge in [0.2, 0.25) is 0 Å². The zero-order valence-corrected chi connectivity index (χ0v) is 16.6. The highest BCUT2D eigenvalue weighted by Gasteiger charge is 2.25. The summed E-state index contributed by atoms with van der Waals surface area (Å²) < 4.78 is 41.3. The van der Waals surface area contributed by atoms with Gasteiger partial charge in [-0.1, -0.05) is 13.0 Å². The van der Waals surface area contributed by atoms with E-state index in [4.69, 9.17) is 14.2 Å². The molecule has 0 radical (unpaired) electrons. The van der Waals surface area contributed by atoms with E-state index in [1.165, 1.54) is 13.2 Å². The summed E-state index contributed by atoms with van der Waals surface area (Å²) >= 11 is 0. The first-order chi connectivity index (χ1) is 13.4. The van der Waals surface area contributed by atoms with Crippen LogP contribution in [0.4, 0.5) is 0 Å². The first-order valence-corrected chi connectivity index (χ1v) is 10.6. The zero-order chi connectivity index (χ0) is 20.1. The van der Waals surface area contributed by atoms with Crippen LogP contribution in [-0.4, -0.2) is 33.9 Å². The molecule has 1 aliphatic rings. The molecule has 7 heteroatoms. The number of carbonyl (C=O) groups is 1. The van der Waals surface area contributed by atoms with Crippen molar-refractivity contribution >= 4 is 21.9 Å². The number of rotatable bonds is 6. The van der Waals surface area contributed by atoms with Crippen molar-refractivity contribution in [1.29, 1.82) is 0 Å². The van der Waals surface area contributed by atoms with Gasteiger partial charge in [-0.05, 0) is 54.8 Å². The number of fused-ring (bicyclic) bond motifs is 1. The molecule has 0 atom stereocenters. The fourth-order valence-corrected chi connectivity index (χ4v) is 4.34. The van der Waals surface area contributed by atoms with Crippen molar-refractivity contribution in [3.63, 3.8) is 0 Å². The fraction of sp³-hybridized carbons (Fsp3) is 0.286. The molecular weight excluding hydrogens is 380 g/mol. The smallest absolute Gasteiger partial charge is 0.333 e. The van der Waals surface area contributed by atoms with Crippen LogP contribution in [0.1, 0.15) is 25.3 Å². The largest absolute Gasteiger partial charge is 0.493 e. The molecule has 3 rings (SSSR count). The highest BCUT2D eigenvalue weighted by molar-refractivity contribution is 7.91. The summed E-state index contributed by atoms with van der Waals surface area (Å²) in [6.07, 6.45) is 2.56. The Kier molecular flexibility index (Phi) is 6.04. The van der Waals surface area contributed by atoms with Gasteiger partial charge < -0.3 is 14.2 Å². The van der Waals surface area contributed by atoms with Gasteiger partial charge in [0.15, 0.2) is 9.84 Å². The van der Waals surface area contributed by atoms with Crippen LogP contribution in [0.2, 0.25) is 0 Å². The number of methoxy groups -OCH3 is 1. The van der Waals surface area contributed by atoms with Crippen LogP contribution in [-0.2, 0) is 19.4 Å². The van der Waals surface area contributed by atoms with Gasteiger partial charge in [-0.15, -0.1) is 0 Å². The average Bonchev–Trinajstić information content (AvgIpc) is 2.82. The van der Waals surface area contributed by atoms with Gasteiger partial charge in [-0.2, -0.15) is 0 Å². The molecule has 148 valence electrons. The number of carbonyl (C=O) groups excluding carboxylic acids is 1. The van der Waals surface area contributed by atoms with Crippen molar-refractivity contribution in [3.8, 4) is 17.2 Å². The van der Waals surface area contributed by atoms with Crippen molar-refractivity contribution in [2.75, 3.05) is 19.5 Å². The Balaban J connectivity index is 1.93. The van der Waals surface area contributed by atoms with Crippen molar-refractivity contribution in [2.24, 2.45) is 0 Å². The van der Waals surface area contributed by atoms with E-state index < -0.39 is 15.8 Å². The number of esters is 1. The Bertz CT molecular complexity index is 1010. The van der Waals surface area contributed by atoms with E-state index in [1.54, 1.807) is 30.3 Å². The minimum Gasteiger partial charge on any atom is -0.493 e. The third-order valence-corrected chi connectivity index (χ3v) is 6.03. The van der Waals surface area contributed by atoms with Gasteiger partial charge in [0.05, 0.1) is 24.4 Å². The van der Waals surface area contributed by atoms with Crippen LogP contribution in [0.25, 0.3) is 6.08 Å². The quantitative estimate of drug-likeness (QED) is 0.680. The van der Waals surface area contributed by atoms with Gasteiger partial charge in [-0.3, -0.25) is 0 Å². The van der Waals surface area contributed by atoms with Crippen LogP contribution in [0.5, 0.6) is 17.2 Å². The van der Waals surface area contributed by atoms with Gasteiger partial charge in [-0.25, -0.2) is 13.2 Å². The van der Waals surface area contributed by atoms with Gasteiger partial charge in [0, 0.05) is 11.6 Å². The summed E-state index contributed by atoms with van der Waals surface area (Å²) in [5.74, 6) is 1.06. The molecule has 0 unspecified atom stereocenters. The lowest BCUT2D eigenvalue weighted by Crippen LogP contribution is -2.09. The van der Waals surface area contributed by atoms with E-state index in [2.05, 4.69) is 0 Å². The second kappa shape index (κ2) is 8.48. The van der Waals surface area contributed by atoms with Gasteiger partial charge in [0.1, 0.15) is 17.2 Å². The molecule has 0 spiro atoms. The van der Waals surface area contributed by atoms with Crippen molar-refractivity contribution in [1.82, 2.24) is 0 Å². The van der Waals surface area contributed by atoms with Crippen LogP contribution in [0.3, 0.4) is 0 Å². The molecule has 0 aliphatic carbocycles. The molecule has 2 aromatic rings. The minimum atomic E-state index is -3.50. The number of hydrogen-bond donors (Lipinski definition) is 0. The van der Waals surface area contributed by atoms with Crippen molar-refractivity contribution in [3.05, 3.63) is 53.6 Å². The molecule has 28 heavy (non-hydrogen) atoms. The van der Waals surface area contributed by atoms with E-state index in [1.807, 2.05) is 19.1 Å². The Morgan fingerprint density at radius 1 is 1.07 bits per heavy atom. The maximum Gasteiger partial charge on any atom is 0.333 e. The van der Waals surface area contributed by atoms with Crippen LogP contribution in [0.15, 0.2) is 52.9 Å². The molecule has 0 bridgehead atoms. The average molecular weight is 402 g/mol. The summed E-state index contributed by atoms with van der Waals surface area (Å²) in [4.78, 5) is 12.1. The molecule has 0 amide bonds. The van der Waals surface area contributed by atoms with E-state index in [-0.39, 0.29) is 17.1 Å². The minimum absolute atomic E-state index is 0.108. The maximum absolute atomic E-state index is 12.5. The standard InChI is InChI=1S/C21H22O6S/c1-3-10-26-17-5-4-6-18(14-17)27-19-7-8-20-16(13-19)12-15(21(22)25-2)9-11-28(20,23)24/h4-8,12-14H,3,9-11H2,1-2H3. The first kappa shape index (κ1) is 19.9. The Hall–Kier alpha value is -2.80. The normalized spacial score (nSPS) is 15.0. The highest BCUT2D eigenvalue weighted by Crippen LogP contribution is 2.32. The summed E-state index contributed by atoms with van der Waals surface area (Å²) in [6.45, 7) is 2.64. The van der Waals surface area contributed by atoms with Crippen LogP contribution in [0, 0.1) is 0 Å². The topological polar surface area (TPSA) is 78.9 Å². The SMILES string of the molecule is CCCOc1cccc(Oc2ccc3c(c2)C=C(C(=O)OC)CCS3(=O)=O)c1. The number of ether oxygens (including phenoxy) is 3. The Morgan fingerprint density at radius 2 is 1.82 bits per heavy atom. The lowest BCUT2D eigenvalue weighted by molar-refractivity contribution is -0.136. The predicted molar refractivity (Wildman–Crippen MR) is 105 cm³/mol. The maximum atomic E-state index is 12.5. The molecular formula is C21H22O6S. The summed E-state index contributed by atoms with van der Waals surface area (Å²) in [5, 5.41) is 0. The fourth-order valence-electron chi connectivity index (χ4n) is 2.88. The third kappa shape index (κ3) is 4.54. The number of sulfone groups is 1. The highest BCUT2D eigenvalue weighted by atomic mass is 32.2. The van der Waals surface area contributed by atoms with Gasteiger partial charge >= 0.3 is 5.97 Å². The molecule has 2 aromatic carbocycles. The van der Waals surface area contributed by atoms with Crippen molar-refractivity contribution < 1.29 is 27.4 Å². The Morgan fingerprint density at radius 3 is 2.57 bits per heavy atom. The summed E-state index contributed by atoms with van der Waals surface area (Å²) in [5.41, 5.74) is 0.728. The Labute approximate surface area is 164 Å². The summed E-state index contributed by atoms with van der Waals surface area (Å²) in [6, 6.07) is 12.0. The van der Waals surface area contributed by atoms with Crippen LogP contribution >= 0.6 is 0 Å². The second-order valence-corrected chi connectivity index (χ2v) is 8.43. The molecule has 0 saturated carbocycles. The molecule has 0 saturated heterocycles. The molecule has 1 aliphatic heterocycles. The summed E-state index contributed by atoms with van der Waals surface area (Å²) in [7, 11) is -2.22. The lowest BCUT2D eigenvalue weighted by atomic mass is 10.1. The van der Waals surface area contributed by atoms with E-state index in [9.17, 15) is 13.2 Å². The lowest BCUT2D eigenvalue weighted by Gasteiger charge is -2.11. The molecule has 0 fully saturated rings. The van der Waals surface area contributed by atoms with E-state index in [0.717, 1.165) is 6.42 Å². The molecule has 0 N–H and O–H groups in total. The molecule has 0 aromatic heterocycles. The molecule has 6 nitrogen and oxygen atoms in total. The third-order valence-electron chi connectivity index (χ3n) is 4.25. The molecule has 1 heterocycles. The predicted octanol–water partition coefficient (Wildman–Crippen LogP) is 4.00. The first-order valence-electron chi connectivity index (χ1n) is 8.99. The number of hydrogen-bond acceptors (Lipinski definition) is 6. The monoisotopic (exact) mass is 402 g/mol. The van der Waals surface area contributed by atoms with Gasteiger partial charge in [0.25, 0.3) is 0 Å². The van der Waals surface area contributed by atoms with Crippen molar-refractivity contribution in [2.45, 2.75) is 24.7 Å². The van der Waals surface area contributed by atoms with E-state index >= 15 is 0 Å².